The fourth-order valence-corrected chi connectivity index (χ4v) is 9.57. The van der Waals surface area contributed by atoms with Crippen molar-refractivity contribution in [1.29, 1.82) is 0 Å². The van der Waals surface area contributed by atoms with E-state index >= 15 is 0 Å². The molecule has 0 N–H and O–H groups in total. The van der Waals surface area contributed by atoms with Crippen LogP contribution in [0.15, 0.2) is 0 Å². The van der Waals surface area contributed by atoms with Crippen LogP contribution in [0, 0.1) is 0 Å². The first-order valence-corrected chi connectivity index (χ1v) is 17.8. The summed E-state index contributed by atoms with van der Waals surface area (Å²) >= 11 is 2.61. The monoisotopic (exact) mass is 506 g/mol. The van der Waals surface area contributed by atoms with Crippen molar-refractivity contribution < 1.29 is 0 Å². The summed E-state index contributed by atoms with van der Waals surface area (Å²) in [6, 6.07) is 0. The fourth-order valence-electron chi connectivity index (χ4n) is 7.17. The lowest BCUT2D eigenvalue weighted by Crippen LogP contribution is -2.35. The Labute approximate surface area is 227 Å². The number of hydrogen-bond donors (Lipinski definition) is 0. The molecule has 0 aromatic heterocycles. The molecular weight excluding hydrogens is 440 g/mol. The summed E-state index contributed by atoms with van der Waals surface area (Å²) in [4.78, 5) is 0. The van der Waals surface area contributed by atoms with E-state index in [2.05, 4.69) is 25.6 Å². The van der Waals surface area contributed by atoms with Crippen LogP contribution in [0.25, 0.3) is 0 Å². The first kappa shape index (κ1) is 31.6. The van der Waals surface area contributed by atoms with Gasteiger partial charge in [-0.25, -0.2) is 0 Å². The fraction of sp³-hybridized carbons (Fsp3) is 1.00. The van der Waals surface area contributed by atoms with E-state index < -0.39 is 0 Å². The molecule has 208 valence electrons. The highest BCUT2D eigenvalue weighted by Gasteiger charge is 2.41. The quantitative estimate of drug-likeness (QED) is 0.117. The maximum absolute atomic E-state index is 2.61. The Balaban J connectivity index is 1.87. The zero-order valence-corrected chi connectivity index (χ0v) is 25.4. The lowest BCUT2D eigenvalue weighted by atomic mass is 9.91. The average molecular weight is 507 g/mol. The van der Waals surface area contributed by atoms with Crippen molar-refractivity contribution in [2.24, 2.45) is 0 Å². The Morgan fingerprint density at radius 1 is 0.371 bits per heavy atom. The van der Waals surface area contributed by atoms with E-state index in [1.165, 1.54) is 193 Å². The van der Waals surface area contributed by atoms with Gasteiger partial charge in [-0.2, -0.15) is 0 Å². The summed E-state index contributed by atoms with van der Waals surface area (Å²) in [5.74, 6) is 0. The molecule has 2 aliphatic rings. The highest BCUT2D eigenvalue weighted by molar-refractivity contribution is 8.02. The van der Waals surface area contributed by atoms with Crippen molar-refractivity contribution in [3.05, 3.63) is 0 Å². The molecule has 0 radical (unpaired) electrons. The maximum Gasteiger partial charge on any atom is 0.0165 e. The van der Waals surface area contributed by atoms with Gasteiger partial charge in [0.2, 0.25) is 0 Å². The van der Waals surface area contributed by atoms with E-state index in [0.29, 0.717) is 9.49 Å². The second kappa shape index (κ2) is 20.3. The average Bonchev–Trinajstić information content (AvgIpc) is 3.24. The van der Waals surface area contributed by atoms with Gasteiger partial charge in [0.1, 0.15) is 0 Å². The summed E-state index contributed by atoms with van der Waals surface area (Å²) in [7, 11) is 0. The van der Waals surface area contributed by atoms with Gasteiger partial charge in [0.15, 0.2) is 0 Å². The number of unbranched alkanes of at least 4 members (excludes halogenated alkanes) is 14. The Morgan fingerprint density at radius 3 is 0.971 bits per heavy atom. The minimum absolute atomic E-state index is 0.628. The number of hydrogen-bond acceptors (Lipinski definition) is 1. The van der Waals surface area contributed by atoms with Gasteiger partial charge in [0.05, 0.1) is 0 Å². The van der Waals surface area contributed by atoms with Crippen molar-refractivity contribution >= 4 is 11.8 Å². The molecule has 2 fully saturated rings. The Hall–Kier alpha value is 0.350. The van der Waals surface area contributed by atoms with Gasteiger partial charge >= 0.3 is 0 Å². The minimum Gasteiger partial charge on any atom is -0.148 e. The van der Waals surface area contributed by atoms with E-state index in [9.17, 15) is 0 Å². The molecule has 0 heterocycles. The van der Waals surface area contributed by atoms with Gasteiger partial charge in [-0.1, -0.05) is 168 Å². The Kier molecular flexibility index (Phi) is 18.3. The standard InChI is InChI=1S/C34H66S/c1-3-5-7-9-11-13-15-21-27-33(29-23-17-18-24-30-33)35-34(31-25-19-20-26-32-34)28-22-16-14-12-10-8-6-4-2/h3-32H2,1-2H3. The van der Waals surface area contributed by atoms with Crippen LogP contribution in [0.5, 0.6) is 0 Å². The van der Waals surface area contributed by atoms with Gasteiger partial charge in [-0.05, 0) is 38.5 Å². The van der Waals surface area contributed by atoms with Crippen LogP contribution in [0.3, 0.4) is 0 Å². The molecule has 2 saturated carbocycles. The molecule has 0 saturated heterocycles. The van der Waals surface area contributed by atoms with E-state index in [1.807, 2.05) is 0 Å². The molecule has 1 heteroatoms. The van der Waals surface area contributed by atoms with Crippen LogP contribution in [-0.2, 0) is 0 Å². The predicted octanol–water partition coefficient (Wildman–Crippen LogP) is 13.0. The van der Waals surface area contributed by atoms with Crippen LogP contribution >= 0.6 is 11.8 Å². The van der Waals surface area contributed by atoms with Crippen molar-refractivity contribution in [3.63, 3.8) is 0 Å². The second-order valence-corrected chi connectivity index (χ2v) is 14.7. The third kappa shape index (κ3) is 14.2. The molecule has 0 unspecified atom stereocenters. The largest absolute Gasteiger partial charge is 0.148 e. The SMILES string of the molecule is CCCCCCCCCCC1(SC2(CCCCCCCCCC)CCCCCC2)CCCCCC1. The summed E-state index contributed by atoms with van der Waals surface area (Å²) in [6.07, 6.45) is 44.8. The second-order valence-electron chi connectivity index (χ2n) is 12.7. The zero-order chi connectivity index (χ0) is 24.9. The van der Waals surface area contributed by atoms with Crippen LogP contribution in [0.4, 0.5) is 0 Å². The maximum atomic E-state index is 2.61. The van der Waals surface area contributed by atoms with Crippen molar-refractivity contribution in [2.75, 3.05) is 0 Å². The van der Waals surface area contributed by atoms with Gasteiger partial charge in [0.25, 0.3) is 0 Å². The lowest BCUT2D eigenvalue weighted by molar-refractivity contribution is 0.410. The van der Waals surface area contributed by atoms with Gasteiger partial charge in [-0.3, -0.25) is 0 Å². The molecule has 0 spiro atoms. The van der Waals surface area contributed by atoms with Crippen LogP contribution < -0.4 is 0 Å². The van der Waals surface area contributed by atoms with Gasteiger partial charge < -0.3 is 0 Å². The third-order valence-corrected chi connectivity index (χ3v) is 11.5. The molecule has 0 nitrogen and oxygen atoms in total. The first-order chi connectivity index (χ1) is 17.2. The third-order valence-electron chi connectivity index (χ3n) is 9.43. The molecule has 0 aliphatic heterocycles. The summed E-state index contributed by atoms with van der Waals surface area (Å²) < 4.78 is 1.26. The van der Waals surface area contributed by atoms with Crippen molar-refractivity contribution in [1.82, 2.24) is 0 Å². The van der Waals surface area contributed by atoms with E-state index in [1.54, 1.807) is 0 Å². The van der Waals surface area contributed by atoms with Gasteiger partial charge in [0, 0.05) is 9.49 Å². The summed E-state index contributed by atoms with van der Waals surface area (Å²) in [5, 5.41) is 0. The molecule has 2 rings (SSSR count). The molecular formula is C34H66S. The number of thioether (sulfide) groups is 1. The zero-order valence-electron chi connectivity index (χ0n) is 24.6. The highest BCUT2D eigenvalue weighted by atomic mass is 32.2. The predicted molar refractivity (Wildman–Crippen MR) is 163 cm³/mol. The Bertz CT molecular complexity index is 411. The summed E-state index contributed by atoms with van der Waals surface area (Å²) in [5.41, 5.74) is 0. The van der Waals surface area contributed by atoms with E-state index in [0.717, 1.165) is 0 Å². The van der Waals surface area contributed by atoms with Crippen LogP contribution in [0.1, 0.15) is 206 Å². The molecule has 0 amide bonds. The number of rotatable bonds is 20. The summed E-state index contributed by atoms with van der Waals surface area (Å²) in [6.45, 7) is 4.67. The lowest BCUT2D eigenvalue weighted by Gasteiger charge is -2.44. The highest BCUT2D eigenvalue weighted by Crippen LogP contribution is 2.54. The molecule has 0 bridgehead atoms. The van der Waals surface area contributed by atoms with Crippen LogP contribution in [0.2, 0.25) is 0 Å². The molecule has 2 aliphatic carbocycles. The first-order valence-electron chi connectivity index (χ1n) is 16.9. The topological polar surface area (TPSA) is 0 Å². The normalized spacial score (nSPS) is 20.4. The van der Waals surface area contributed by atoms with Crippen LogP contribution in [-0.4, -0.2) is 9.49 Å². The molecule has 0 aromatic carbocycles. The molecule has 35 heavy (non-hydrogen) atoms. The van der Waals surface area contributed by atoms with E-state index in [-0.39, 0.29) is 0 Å². The smallest absolute Gasteiger partial charge is 0.0165 e. The Morgan fingerprint density at radius 2 is 0.657 bits per heavy atom. The van der Waals surface area contributed by atoms with Crippen molar-refractivity contribution in [2.45, 2.75) is 216 Å². The van der Waals surface area contributed by atoms with Gasteiger partial charge in [-0.15, -0.1) is 11.8 Å². The minimum atomic E-state index is 0.628. The van der Waals surface area contributed by atoms with Crippen molar-refractivity contribution in [3.8, 4) is 0 Å². The van der Waals surface area contributed by atoms with E-state index in [4.69, 9.17) is 0 Å². The molecule has 0 aromatic rings. The molecule has 0 atom stereocenters.